The lowest BCUT2D eigenvalue weighted by Crippen LogP contribution is -2.44. The molecule has 8 nitrogen and oxygen atoms in total. The third-order valence-electron chi connectivity index (χ3n) is 3.38. The minimum Gasteiger partial charge on any atom is -0.480 e. The first-order valence-electron chi connectivity index (χ1n) is 6.78. The summed E-state index contributed by atoms with van der Waals surface area (Å²) in [6, 6.07) is -0.999. The molecule has 0 aliphatic carbocycles. The zero-order valence-electron chi connectivity index (χ0n) is 12.3. The molecule has 1 saturated heterocycles. The topological polar surface area (TPSA) is 105 Å². The molecule has 0 aromatic rings. The fourth-order valence-electron chi connectivity index (χ4n) is 2.15. The summed E-state index contributed by atoms with van der Waals surface area (Å²) in [6.07, 6.45) is 0.289. The van der Waals surface area contributed by atoms with E-state index in [0.29, 0.717) is 19.7 Å². The number of rotatable bonds is 9. The van der Waals surface area contributed by atoms with Crippen molar-refractivity contribution in [2.45, 2.75) is 18.9 Å². The molecule has 1 aliphatic heterocycles. The number of aliphatic carboxylic acids is 1. The molecule has 0 radical (unpaired) electrons. The molecule has 0 aromatic heterocycles. The highest BCUT2D eigenvalue weighted by Crippen LogP contribution is 2.18. The highest BCUT2D eigenvalue weighted by atomic mass is 16.5. The molecule has 2 amide bonds. The van der Waals surface area contributed by atoms with Crippen molar-refractivity contribution >= 4 is 17.8 Å². The number of hydrogen-bond donors (Lipinski definition) is 2. The van der Waals surface area contributed by atoms with Gasteiger partial charge in [0, 0.05) is 46.8 Å². The van der Waals surface area contributed by atoms with Gasteiger partial charge in [0.2, 0.25) is 11.8 Å². The van der Waals surface area contributed by atoms with Crippen LogP contribution in [0.1, 0.15) is 12.8 Å². The molecular weight excluding hydrogens is 280 g/mol. The second-order valence-electron chi connectivity index (χ2n) is 4.91. The Morgan fingerprint density at radius 2 is 2.05 bits per heavy atom. The molecule has 0 spiro atoms. The molecule has 1 rings (SSSR count). The van der Waals surface area contributed by atoms with Crippen molar-refractivity contribution < 1.29 is 29.0 Å². The Hall–Kier alpha value is -1.67. The third kappa shape index (κ3) is 5.31. The molecule has 2 unspecified atom stereocenters. The van der Waals surface area contributed by atoms with Crippen LogP contribution in [0.15, 0.2) is 0 Å². The van der Waals surface area contributed by atoms with Gasteiger partial charge in [-0.2, -0.15) is 0 Å². The smallest absolute Gasteiger partial charge is 0.326 e. The van der Waals surface area contributed by atoms with Crippen LogP contribution in [0.2, 0.25) is 0 Å². The zero-order valence-corrected chi connectivity index (χ0v) is 12.3. The summed E-state index contributed by atoms with van der Waals surface area (Å²) < 4.78 is 9.72. The van der Waals surface area contributed by atoms with Crippen molar-refractivity contribution in [3.63, 3.8) is 0 Å². The van der Waals surface area contributed by atoms with Crippen molar-refractivity contribution in [2.75, 3.05) is 40.5 Å². The number of carboxylic acids is 1. The molecule has 8 heteroatoms. The molecule has 2 N–H and O–H groups in total. The predicted octanol–water partition coefficient (Wildman–Crippen LogP) is -0.913. The van der Waals surface area contributed by atoms with Crippen molar-refractivity contribution in [1.82, 2.24) is 10.2 Å². The third-order valence-corrected chi connectivity index (χ3v) is 3.38. The first kappa shape index (κ1) is 17.4. The fraction of sp³-hybridized carbons (Fsp3) is 0.769. The minimum absolute atomic E-state index is 0.103. The molecular formula is C13H22N2O6. The molecule has 0 aromatic carbocycles. The maximum absolute atomic E-state index is 12.1. The van der Waals surface area contributed by atoms with Crippen LogP contribution in [0.3, 0.4) is 0 Å². The van der Waals surface area contributed by atoms with Gasteiger partial charge in [-0.15, -0.1) is 0 Å². The largest absolute Gasteiger partial charge is 0.480 e. The van der Waals surface area contributed by atoms with E-state index >= 15 is 0 Å². The van der Waals surface area contributed by atoms with E-state index in [2.05, 4.69) is 5.32 Å². The number of carbonyl (C=O) groups is 3. The maximum Gasteiger partial charge on any atom is 0.326 e. The van der Waals surface area contributed by atoms with Gasteiger partial charge in [-0.05, 0) is 0 Å². The van der Waals surface area contributed by atoms with Crippen LogP contribution in [0.4, 0.5) is 0 Å². The van der Waals surface area contributed by atoms with E-state index in [0.717, 1.165) is 0 Å². The van der Waals surface area contributed by atoms with Gasteiger partial charge >= 0.3 is 5.97 Å². The predicted molar refractivity (Wildman–Crippen MR) is 72.6 cm³/mol. The second-order valence-corrected chi connectivity index (χ2v) is 4.91. The Morgan fingerprint density at radius 1 is 1.38 bits per heavy atom. The second kappa shape index (κ2) is 8.58. The monoisotopic (exact) mass is 302 g/mol. The average Bonchev–Trinajstić information content (AvgIpc) is 2.82. The lowest BCUT2D eigenvalue weighted by atomic mass is 10.1. The molecule has 2 atom stereocenters. The maximum atomic E-state index is 12.1. The number of methoxy groups -OCH3 is 2. The molecule has 120 valence electrons. The summed E-state index contributed by atoms with van der Waals surface area (Å²) in [5, 5.41) is 11.5. The van der Waals surface area contributed by atoms with Gasteiger partial charge in [0.1, 0.15) is 6.04 Å². The first-order valence-corrected chi connectivity index (χ1v) is 6.78. The van der Waals surface area contributed by atoms with Gasteiger partial charge in [0.25, 0.3) is 0 Å². The van der Waals surface area contributed by atoms with E-state index < -0.39 is 23.8 Å². The normalized spacial score (nSPS) is 19.6. The van der Waals surface area contributed by atoms with E-state index in [1.165, 1.54) is 14.2 Å². The van der Waals surface area contributed by atoms with Crippen molar-refractivity contribution in [1.29, 1.82) is 0 Å². The standard InChI is InChI=1S/C13H22N2O6/c1-20-5-3-10(13(18)19)14-12(17)9-7-11(16)15(8-9)4-6-21-2/h9-10H,3-8H2,1-2H3,(H,14,17)(H,18,19). The van der Waals surface area contributed by atoms with Crippen LogP contribution in [0.25, 0.3) is 0 Å². The quantitative estimate of drug-likeness (QED) is 0.571. The van der Waals surface area contributed by atoms with Crippen molar-refractivity contribution in [3.8, 4) is 0 Å². The molecule has 1 aliphatic rings. The molecule has 21 heavy (non-hydrogen) atoms. The van der Waals surface area contributed by atoms with Gasteiger partial charge in [-0.25, -0.2) is 4.79 Å². The Bertz CT molecular complexity index is 387. The summed E-state index contributed by atoms with van der Waals surface area (Å²) in [5.41, 5.74) is 0. The number of nitrogens with one attached hydrogen (secondary N) is 1. The number of carbonyl (C=O) groups excluding carboxylic acids is 2. The zero-order chi connectivity index (χ0) is 15.8. The molecule has 1 fully saturated rings. The Kier molecular flexibility index (Phi) is 7.10. The molecule has 0 bridgehead atoms. The van der Waals surface area contributed by atoms with Crippen molar-refractivity contribution in [3.05, 3.63) is 0 Å². The highest BCUT2D eigenvalue weighted by Gasteiger charge is 2.35. The van der Waals surface area contributed by atoms with Gasteiger partial charge in [-0.1, -0.05) is 0 Å². The van der Waals surface area contributed by atoms with Crippen molar-refractivity contribution in [2.24, 2.45) is 5.92 Å². The fourth-order valence-corrected chi connectivity index (χ4v) is 2.15. The van der Waals surface area contributed by atoms with Gasteiger partial charge < -0.3 is 24.8 Å². The Balaban J connectivity index is 2.51. The van der Waals surface area contributed by atoms with Crippen LogP contribution in [0.5, 0.6) is 0 Å². The van der Waals surface area contributed by atoms with Gasteiger partial charge in [0.15, 0.2) is 0 Å². The Labute approximate surface area is 123 Å². The van der Waals surface area contributed by atoms with Crippen LogP contribution >= 0.6 is 0 Å². The summed E-state index contributed by atoms with van der Waals surface area (Å²) >= 11 is 0. The number of hydrogen-bond acceptors (Lipinski definition) is 5. The minimum atomic E-state index is -1.11. The lowest BCUT2D eigenvalue weighted by Gasteiger charge is -2.18. The van der Waals surface area contributed by atoms with E-state index in [1.54, 1.807) is 4.90 Å². The average molecular weight is 302 g/mol. The number of likely N-dealkylation sites (tertiary alicyclic amines) is 1. The van der Waals surface area contributed by atoms with E-state index in [-0.39, 0.29) is 25.4 Å². The number of ether oxygens (including phenoxy) is 2. The highest BCUT2D eigenvalue weighted by molar-refractivity contribution is 5.91. The van der Waals surface area contributed by atoms with E-state index in [4.69, 9.17) is 14.6 Å². The van der Waals surface area contributed by atoms with Gasteiger partial charge in [0.05, 0.1) is 12.5 Å². The summed E-state index contributed by atoms with van der Waals surface area (Å²) in [5.74, 6) is -2.15. The number of amides is 2. The number of nitrogens with zero attached hydrogens (tertiary/aromatic N) is 1. The molecule has 0 saturated carbocycles. The summed E-state index contributed by atoms with van der Waals surface area (Å²) in [4.78, 5) is 36.4. The SMILES string of the molecule is COCCC(NC(=O)C1CC(=O)N(CCOC)C1)C(=O)O. The first-order chi connectivity index (χ1) is 9.99. The van der Waals surface area contributed by atoms with Crippen LogP contribution < -0.4 is 5.32 Å². The van der Waals surface area contributed by atoms with E-state index in [1.807, 2.05) is 0 Å². The lowest BCUT2D eigenvalue weighted by molar-refractivity contribution is -0.142. The van der Waals surface area contributed by atoms with E-state index in [9.17, 15) is 14.4 Å². The molecule has 1 heterocycles. The summed E-state index contributed by atoms with van der Waals surface area (Å²) in [6.45, 7) is 1.38. The van der Waals surface area contributed by atoms with Gasteiger partial charge in [-0.3, -0.25) is 9.59 Å². The number of carboxylic acid groups (broad SMARTS) is 1. The van der Waals surface area contributed by atoms with Crippen LogP contribution in [-0.2, 0) is 23.9 Å². The van der Waals surface area contributed by atoms with Crippen LogP contribution in [-0.4, -0.2) is 74.4 Å². The summed E-state index contributed by atoms with van der Waals surface area (Å²) in [7, 11) is 3.00. The van der Waals surface area contributed by atoms with Crippen LogP contribution in [0, 0.1) is 5.92 Å². The Morgan fingerprint density at radius 3 is 2.62 bits per heavy atom.